The molecule has 3 aliphatic carbocycles. The average Bonchev–Trinajstić information content (AvgIpc) is 2.80. The number of carbonyl (C=O) groups excluding carboxylic acids is 1. The van der Waals surface area contributed by atoms with Crippen LogP contribution in [-0.2, 0) is 17.6 Å². The van der Waals surface area contributed by atoms with Gasteiger partial charge in [-0.2, -0.15) is 0 Å². The summed E-state index contributed by atoms with van der Waals surface area (Å²) in [7, 11) is 0. The first-order valence-corrected chi connectivity index (χ1v) is 13.8. The second kappa shape index (κ2) is 9.59. The van der Waals surface area contributed by atoms with Crippen LogP contribution in [0.3, 0.4) is 0 Å². The highest BCUT2D eigenvalue weighted by molar-refractivity contribution is 5.80. The van der Waals surface area contributed by atoms with Gasteiger partial charge in [0.25, 0.3) is 0 Å². The fourth-order valence-corrected chi connectivity index (χ4v) is 6.76. The number of carbonyl (C=O) groups is 1. The number of esters is 1. The molecule has 1 saturated carbocycles. The van der Waals surface area contributed by atoms with Gasteiger partial charge in [-0.3, -0.25) is 4.79 Å². The van der Waals surface area contributed by atoms with Crippen LogP contribution in [0.15, 0.2) is 23.8 Å². The Hall–Kier alpha value is -1.57. The first-order valence-electron chi connectivity index (χ1n) is 13.8. The molecule has 33 heavy (non-hydrogen) atoms. The van der Waals surface area contributed by atoms with Gasteiger partial charge in [0.05, 0.1) is 5.41 Å². The monoisotopic (exact) mass is 450 g/mol. The molecule has 1 aromatic rings. The molecule has 0 spiro atoms. The van der Waals surface area contributed by atoms with Crippen LogP contribution in [0.25, 0.3) is 0 Å². The minimum atomic E-state index is -0.250. The lowest BCUT2D eigenvalue weighted by atomic mass is 9.62. The molecule has 3 atom stereocenters. The minimum Gasteiger partial charge on any atom is -0.426 e. The van der Waals surface area contributed by atoms with Gasteiger partial charge >= 0.3 is 5.97 Å². The summed E-state index contributed by atoms with van der Waals surface area (Å²) in [6, 6.07) is 4.71. The predicted octanol–water partition coefficient (Wildman–Crippen LogP) is 8.56. The van der Waals surface area contributed by atoms with Crippen LogP contribution in [0.4, 0.5) is 0 Å². The van der Waals surface area contributed by atoms with Gasteiger partial charge < -0.3 is 4.74 Å². The van der Waals surface area contributed by atoms with Gasteiger partial charge in [0.15, 0.2) is 0 Å². The first-order chi connectivity index (χ1) is 15.7. The molecule has 0 saturated heterocycles. The van der Waals surface area contributed by atoms with Crippen molar-refractivity contribution in [2.75, 3.05) is 0 Å². The Labute approximate surface area is 202 Å². The van der Waals surface area contributed by atoms with Crippen molar-refractivity contribution < 1.29 is 9.53 Å². The highest BCUT2D eigenvalue weighted by atomic mass is 16.5. The van der Waals surface area contributed by atoms with Gasteiger partial charge in [0, 0.05) is 11.5 Å². The molecule has 2 heteroatoms. The normalized spacial score (nSPS) is 27.5. The van der Waals surface area contributed by atoms with E-state index in [2.05, 4.69) is 59.8 Å². The van der Waals surface area contributed by atoms with Crippen molar-refractivity contribution in [2.45, 2.75) is 118 Å². The maximum Gasteiger partial charge on any atom is 0.317 e. The van der Waals surface area contributed by atoms with Gasteiger partial charge in [0.1, 0.15) is 5.75 Å². The Morgan fingerprint density at radius 1 is 1.15 bits per heavy atom. The molecule has 0 aliphatic heterocycles. The van der Waals surface area contributed by atoms with E-state index >= 15 is 0 Å². The second-order valence-electron chi connectivity index (χ2n) is 12.1. The maximum atomic E-state index is 13.5. The van der Waals surface area contributed by atoms with Gasteiger partial charge in [-0.05, 0) is 92.7 Å². The smallest absolute Gasteiger partial charge is 0.317 e. The van der Waals surface area contributed by atoms with Crippen LogP contribution in [-0.4, -0.2) is 5.97 Å². The number of ether oxygens (including phenoxy) is 1. The van der Waals surface area contributed by atoms with Crippen LogP contribution in [0, 0.1) is 22.7 Å². The molecule has 1 fully saturated rings. The Morgan fingerprint density at radius 3 is 2.55 bits per heavy atom. The molecule has 0 bridgehead atoms. The van der Waals surface area contributed by atoms with Crippen LogP contribution in [0.2, 0.25) is 0 Å². The molecule has 3 unspecified atom stereocenters. The summed E-state index contributed by atoms with van der Waals surface area (Å²) in [5.74, 6) is 2.44. The van der Waals surface area contributed by atoms with Crippen LogP contribution in [0.1, 0.15) is 122 Å². The lowest BCUT2D eigenvalue weighted by molar-refractivity contribution is -0.151. The van der Waals surface area contributed by atoms with Gasteiger partial charge in [-0.1, -0.05) is 71.6 Å². The number of hydrogen-bond acceptors (Lipinski definition) is 2. The van der Waals surface area contributed by atoms with E-state index in [0.29, 0.717) is 17.8 Å². The number of benzene rings is 1. The van der Waals surface area contributed by atoms with Crippen molar-refractivity contribution in [3.63, 3.8) is 0 Å². The number of aryl methyl sites for hydroxylation is 1. The lowest BCUT2D eigenvalue weighted by Crippen LogP contribution is -2.40. The molecule has 0 heterocycles. The van der Waals surface area contributed by atoms with Crippen LogP contribution < -0.4 is 4.74 Å². The second-order valence-corrected chi connectivity index (χ2v) is 12.1. The van der Waals surface area contributed by atoms with E-state index in [1.807, 2.05) is 0 Å². The Balaban J connectivity index is 1.81. The van der Waals surface area contributed by atoms with E-state index in [1.165, 1.54) is 54.4 Å². The third-order valence-corrected chi connectivity index (χ3v) is 9.81. The Morgan fingerprint density at radius 2 is 1.91 bits per heavy atom. The third-order valence-electron chi connectivity index (χ3n) is 9.81. The summed E-state index contributed by atoms with van der Waals surface area (Å²) in [5, 5.41) is 0. The fraction of sp³-hybridized carbons (Fsp3) is 0.710. The molecule has 0 aromatic heterocycles. The van der Waals surface area contributed by atoms with Crippen molar-refractivity contribution in [3.8, 4) is 5.75 Å². The molecular formula is C31H46O2. The SMILES string of the molecule is CCCCCc1cc2c(c(OC(=O)C3(CC)CCC3)c1)C1C=C(C)CCC1C(C)(C)C(C)C2. The summed E-state index contributed by atoms with van der Waals surface area (Å²) in [4.78, 5) is 13.5. The number of fused-ring (bicyclic) bond motifs is 3. The Kier molecular flexibility index (Phi) is 7.13. The highest BCUT2D eigenvalue weighted by Gasteiger charge is 2.47. The summed E-state index contributed by atoms with van der Waals surface area (Å²) < 4.78 is 6.43. The number of allylic oxidation sites excluding steroid dienone is 2. The number of hydrogen-bond donors (Lipinski definition) is 0. The molecular weight excluding hydrogens is 404 g/mol. The predicted molar refractivity (Wildman–Crippen MR) is 138 cm³/mol. The van der Waals surface area contributed by atoms with Crippen molar-refractivity contribution in [1.82, 2.24) is 0 Å². The summed E-state index contributed by atoms with van der Waals surface area (Å²) in [5.41, 5.74) is 5.60. The quantitative estimate of drug-likeness (QED) is 0.180. The van der Waals surface area contributed by atoms with E-state index in [0.717, 1.165) is 44.3 Å². The molecule has 3 aliphatic rings. The largest absolute Gasteiger partial charge is 0.426 e. The molecule has 0 amide bonds. The number of unbranched alkanes of at least 4 members (excludes halogenated alkanes) is 2. The average molecular weight is 451 g/mol. The third kappa shape index (κ3) is 4.56. The van der Waals surface area contributed by atoms with Gasteiger partial charge in [-0.15, -0.1) is 0 Å². The highest BCUT2D eigenvalue weighted by Crippen LogP contribution is 2.55. The van der Waals surface area contributed by atoms with E-state index in [-0.39, 0.29) is 16.8 Å². The zero-order valence-corrected chi connectivity index (χ0v) is 22.1. The molecule has 1 aromatic carbocycles. The molecule has 0 N–H and O–H groups in total. The van der Waals surface area contributed by atoms with Gasteiger partial charge in [-0.25, -0.2) is 0 Å². The zero-order valence-electron chi connectivity index (χ0n) is 22.1. The van der Waals surface area contributed by atoms with Gasteiger partial charge in [0.2, 0.25) is 0 Å². The Bertz CT molecular complexity index is 896. The van der Waals surface area contributed by atoms with E-state index < -0.39 is 0 Å². The fourth-order valence-electron chi connectivity index (χ4n) is 6.76. The standard InChI is InChI=1S/C31H46O2/c1-7-9-10-12-23-19-24-18-22(4)30(5,6)26-14-13-21(3)17-25(26)28(24)27(20-23)33-29(32)31(8-2)15-11-16-31/h17,19-20,22,25-26H,7-16,18H2,1-6H3. The summed E-state index contributed by atoms with van der Waals surface area (Å²) >= 11 is 0. The van der Waals surface area contributed by atoms with E-state index in [1.54, 1.807) is 0 Å². The molecule has 0 radical (unpaired) electrons. The lowest BCUT2D eigenvalue weighted by Gasteiger charge is -2.43. The van der Waals surface area contributed by atoms with Crippen molar-refractivity contribution in [3.05, 3.63) is 40.5 Å². The van der Waals surface area contributed by atoms with Crippen molar-refractivity contribution in [2.24, 2.45) is 22.7 Å². The summed E-state index contributed by atoms with van der Waals surface area (Å²) in [6.07, 6.45) is 14.8. The topological polar surface area (TPSA) is 26.3 Å². The van der Waals surface area contributed by atoms with E-state index in [9.17, 15) is 4.79 Å². The maximum absolute atomic E-state index is 13.5. The van der Waals surface area contributed by atoms with E-state index in [4.69, 9.17) is 4.74 Å². The first kappa shape index (κ1) is 24.6. The molecule has 182 valence electrons. The molecule has 4 rings (SSSR count). The van der Waals surface area contributed by atoms with Crippen molar-refractivity contribution >= 4 is 5.97 Å². The van der Waals surface area contributed by atoms with Crippen LogP contribution >= 0.6 is 0 Å². The minimum absolute atomic E-state index is 0.0220. The molecule has 2 nitrogen and oxygen atoms in total. The van der Waals surface area contributed by atoms with Crippen LogP contribution in [0.5, 0.6) is 5.75 Å². The van der Waals surface area contributed by atoms with Crippen molar-refractivity contribution in [1.29, 1.82) is 0 Å². The summed E-state index contributed by atoms with van der Waals surface area (Å²) in [6.45, 7) is 14.1. The number of rotatable bonds is 7. The zero-order chi connectivity index (χ0) is 23.8.